The Morgan fingerprint density at radius 2 is 1.93 bits per heavy atom. The maximum atomic E-state index is 3.62. The second-order valence-electron chi connectivity index (χ2n) is 4.25. The van der Waals surface area contributed by atoms with Crippen molar-refractivity contribution in [3.8, 4) is 0 Å². The summed E-state index contributed by atoms with van der Waals surface area (Å²) < 4.78 is 0. The minimum absolute atomic E-state index is 0.696. The van der Waals surface area contributed by atoms with Gasteiger partial charge in [0, 0.05) is 6.04 Å². The molecule has 2 atom stereocenters. The lowest BCUT2D eigenvalue weighted by molar-refractivity contribution is 0.342. The van der Waals surface area contributed by atoms with Crippen molar-refractivity contribution in [2.24, 2.45) is 5.92 Å². The molecule has 15 heavy (non-hydrogen) atoms. The summed E-state index contributed by atoms with van der Waals surface area (Å²) in [7, 11) is 0. The first-order valence-corrected chi connectivity index (χ1v) is 7.72. The maximum Gasteiger partial charge on any atom is 0.00668 e. The zero-order valence-corrected chi connectivity index (χ0v) is 11.8. The van der Waals surface area contributed by atoms with Crippen LogP contribution in [0.25, 0.3) is 0 Å². The van der Waals surface area contributed by atoms with Gasteiger partial charge in [-0.25, -0.2) is 0 Å². The lowest BCUT2D eigenvalue weighted by Gasteiger charge is -2.23. The largest absolute Gasteiger partial charge is 0.314 e. The molecule has 0 aromatic heterocycles. The highest BCUT2D eigenvalue weighted by Gasteiger charge is 2.13. The van der Waals surface area contributed by atoms with Crippen LogP contribution in [0.15, 0.2) is 0 Å². The van der Waals surface area contributed by atoms with Gasteiger partial charge in [0.05, 0.1) is 0 Å². The normalized spacial score (nSPS) is 15.2. The third kappa shape index (κ3) is 8.15. The van der Waals surface area contributed by atoms with Crippen LogP contribution in [-0.2, 0) is 0 Å². The van der Waals surface area contributed by atoms with Crippen LogP contribution in [0.4, 0.5) is 0 Å². The van der Waals surface area contributed by atoms with E-state index in [0.717, 1.165) is 5.92 Å². The Kier molecular flexibility index (Phi) is 11.0. The van der Waals surface area contributed by atoms with Crippen LogP contribution in [0.5, 0.6) is 0 Å². The van der Waals surface area contributed by atoms with Gasteiger partial charge in [-0.15, -0.1) is 0 Å². The van der Waals surface area contributed by atoms with Gasteiger partial charge in [-0.05, 0) is 50.2 Å². The number of nitrogens with one attached hydrogen (secondary N) is 1. The fourth-order valence-electron chi connectivity index (χ4n) is 1.94. The van der Waals surface area contributed by atoms with Crippen molar-refractivity contribution in [3.63, 3.8) is 0 Å². The van der Waals surface area contributed by atoms with E-state index in [1.54, 1.807) is 0 Å². The second-order valence-corrected chi connectivity index (χ2v) is 5.64. The zero-order valence-electron chi connectivity index (χ0n) is 11.0. The number of thioether (sulfide) groups is 1. The molecule has 0 aliphatic heterocycles. The first-order chi connectivity index (χ1) is 7.26. The molecule has 0 aliphatic carbocycles. The minimum atomic E-state index is 0.696. The third-order valence-electron chi connectivity index (χ3n) is 3.02. The quantitative estimate of drug-likeness (QED) is 0.572. The Balaban J connectivity index is 3.60. The van der Waals surface area contributed by atoms with E-state index in [-0.39, 0.29) is 0 Å². The van der Waals surface area contributed by atoms with Gasteiger partial charge in [0.1, 0.15) is 0 Å². The van der Waals surface area contributed by atoms with E-state index in [9.17, 15) is 0 Å². The van der Waals surface area contributed by atoms with Gasteiger partial charge in [-0.1, -0.05) is 27.2 Å². The van der Waals surface area contributed by atoms with Crippen LogP contribution in [0.1, 0.15) is 53.4 Å². The Labute approximate surface area is 101 Å². The van der Waals surface area contributed by atoms with Gasteiger partial charge in [-0.3, -0.25) is 0 Å². The van der Waals surface area contributed by atoms with E-state index in [0.29, 0.717) is 6.04 Å². The molecule has 0 aromatic rings. The van der Waals surface area contributed by atoms with E-state index in [4.69, 9.17) is 0 Å². The van der Waals surface area contributed by atoms with Crippen LogP contribution in [-0.4, -0.2) is 24.1 Å². The van der Waals surface area contributed by atoms with Gasteiger partial charge in [0.2, 0.25) is 0 Å². The molecule has 1 nitrogen and oxygen atoms in total. The summed E-state index contributed by atoms with van der Waals surface area (Å²) in [6.45, 7) is 10.3. The molecule has 0 aliphatic rings. The van der Waals surface area contributed by atoms with E-state index >= 15 is 0 Å². The molecule has 0 spiro atoms. The smallest absolute Gasteiger partial charge is 0.00668 e. The van der Waals surface area contributed by atoms with Crippen LogP contribution >= 0.6 is 11.8 Å². The summed E-state index contributed by atoms with van der Waals surface area (Å²) in [6.07, 6.45) is 5.33. The van der Waals surface area contributed by atoms with Crippen molar-refractivity contribution in [2.45, 2.75) is 59.4 Å². The molecule has 0 saturated carbocycles. The Bertz CT molecular complexity index is 128. The Morgan fingerprint density at radius 1 is 1.20 bits per heavy atom. The summed E-state index contributed by atoms with van der Waals surface area (Å²) in [5.41, 5.74) is 0. The highest BCUT2D eigenvalue weighted by atomic mass is 32.2. The molecule has 0 amide bonds. The van der Waals surface area contributed by atoms with Gasteiger partial charge in [0.15, 0.2) is 0 Å². The highest BCUT2D eigenvalue weighted by Crippen LogP contribution is 2.17. The van der Waals surface area contributed by atoms with Crippen molar-refractivity contribution in [1.29, 1.82) is 0 Å². The summed E-state index contributed by atoms with van der Waals surface area (Å²) in [6, 6.07) is 0.696. The van der Waals surface area contributed by atoms with Crippen molar-refractivity contribution >= 4 is 11.8 Å². The zero-order chi connectivity index (χ0) is 11.5. The van der Waals surface area contributed by atoms with Gasteiger partial charge < -0.3 is 5.32 Å². The molecule has 92 valence electrons. The average molecular weight is 231 g/mol. The molecule has 0 aromatic carbocycles. The lowest BCUT2D eigenvalue weighted by atomic mass is 9.93. The third-order valence-corrected chi connectivity index (χ3v) is 4.00. The predicted octanol–water partition coefficient (Wildman–Crippen LogP) is 3.93. The van der Waals surface area contributed by atoms with Crippen LogP contribution in [0, 0.1) is 5.92 Å². The number of hydrogen-bond donors (Lipinski definition) is 1. The molecule has 0 heterocycles. The summed E-state index contributed by atoms with van der Waals surface area (Å²) >= 11 is 2.07. The van der Waals surface area contributed by atoms with E-state index in [2.05, 4.69) is 44.8 Å². The summed E-state index contributed by atoms with van der Waals surface area (Å²) in [5, 5.41) is 3.62. The predicted molar refractivity (Wildman–Crippen MR) is 73.8 cm³/mol. The van der Waals surface area contributed by atoms with E-state index < -0.39 is 0 Å². The van der Waals surface area contributed by atoms with Gasteiger partial charge in [-0.2, -0.15) is 11.8 Å². The fourth-order valence-corrected chi connectivity index (χ4v) is 2.60. The first kappa shape index (κ1) is 15.3. The maximum absolute atomic E-state index is 3.62. The van der Waals surface area contributed by atoms with E-state index in [1.165, 1.54) is 43.7 Å². The van der Waals surface area contributed by atoms with Crippen molar-refractivity contribution in [3.05, 3.63) is 0 Å². The van der Waals surface area contributed by atoms with Crippen LogP contribution < -0.4 is 5.32 Å². The lowest BCUT2D eigenvalue weighted by Crippen LogP contribution is -2.33. The van der Waals surface area contributed by atoms with Crippen molar-refractivity contribution < 1.29 is 0 Å². The molecule has 2 heteroatoms. The van der Waals surface area contributed by atoms with Gasteiger partial charge in [0.25, 0.3) is 0 Å². The fraction of sp³-hybridized carbons (Fsp3) is 1.00. The molecular weight excluding hydrogens is 202 g/mol. The second kappa shape index (κ2) is 10.8. The van der Waals surface area contributed by atoms with Crippen molar-refractivity contribution in [1.82, 2.24) is 5.32 Å². The molecule has 1 N–H and O–H groups in total. The summed E-state index contributed by atoms with van der Waals surface area (Å²) in [5.74, 6) is 3.47. The van der Waals surface area contributed by atoms with Crippen molar-refractivity contribution in [2.75, 3.05) is 18.1 Å². The topological polar surface area (TPSA) is 12.0 Å². The molecule has 0 radical (unpaired) electrons. The Hall–Kier alpha value is 0.310. The highest BCUT2D eigenvalue weighted by molar-refractivity contribution is 7.99. The monoisotopic (exact) mass is 231 g/mol. The molecule has 0 rings (SSSR count). The van der Waals surface area contributed by atoms with Crippen LogP contribution in [0.3, 0.4) is 0 Å². The van der Waals surface area contributed by atoms with Crippen LogP contribution in [0.2, 0.25) is 0 Å². The summed E-state index contributed by atoms with van der Waals surface area (Å²) in [4.78, 5) is 0. The molecule has 0 fully saturated rings. The average Bonchev–Trinajstić information content (AvgIpc) is 2.26. The molecule has 2 unspecified atom stereocenters. The molecule has 0 saturated heterocycles. The Morgan fingerprint density at radius 3 is 2.47 bits per heavy atom. The van der Waals surface area contributed by atoms with Gasteiger partial charge >= 0.3 is 0 Å². The van der Waals surface area contributed by atoms with E-state index in [1.807, 2.05) is 0 Å². The molecule has 0 bridgehead atoms. The molecular formula is C13H29NS. The number of hydrogen-bond acceptors (Lipinski definition) is 2. The minimum Gasteiger partial charge on any atom is -0.314 e. The first-order valence-electron chi connectivity index (χ1n) is 6.57. The number of rotatable bonds is 10. The SMILES string of the molecule is CCCNC(C)C(CC)CCCSCC. The standard InChI is InChI=1S/C13H29NS/c1-5-10-14-12(4)13(6-2)9-8-11-15-7-3/h12-14H,5-11H2,1-4H3.